The monoisotopic (exact) mass is 435 g/mol. The minimum absolute atomic E-state index is 0. The molecule has 25 heavy (non-hydrogen) atoms. The molecular weight excluding hydrogens is 435 g/mol. The van der Waals surface area contributed by atoms with Crippen LogP contribution in [0.3, 0.4) is 0 Å². The van der Waals surface area contributed by atoms with Crippen LogP contribution in [0.2, 0.25) is 0 Å². The summed E-state index contributed by atoms with van der Waals surface area (Å²) >= 11 is 0. The van der Waals surface area contributed by atoms with Gasteiger partial charge in [0.15, 0.2) is 0 Å². The Labute approximate surface area is 169 Å². The second kappa shape index (κ2) is 7.25. The maximum Gasteiger partial charge on any atom is 1.00 e. The van der Waals surface area contributed by atoms with Gasteiger partial charge in [0.25, 0.3) is 0 Å². The van der Waals surface area contributed by atoms with Crippen LogP contribution in [0, 0.1) is 0 Å². The summed E-state index contributed by atoms with van der Waals surface area (Å²) in [7, 11) is 0. The molecule has 0 rings (SSSR count). The average Bonchev–Trinajstić information content (AvgIpc) is 2.23. The number of halogens is 14. The number of carbonyl (C=O) groups excluding carboxylic acids is 1. The molecule has 0 saturated heterocycles. The summed E-state index contributed by atoms with van der Waals surface area (Å²) < 4.78 is 173. The first-order chi connectivity index (χ1) is 10.1. The second-order valence-electron chi connectivity index (χ2n) is 3.82. The zero-order valence-electron chi connectivity index (χ0n) is 11.1. The third kappa shape index (κ3) is 4.50. The molecule has 0 aliphatic carbocycles. The van der Waals surface area contributed by atoms with Crippen molar-refractivity contribution in [2.45, 2.75) is 36.4 Å². The van der Waals surface area contributed by atoms with Gasteiger partial charge in [-0.15, -0.1) is 0 Å². The van der Waals surface area contributed by atoms with E-state index in [2.05, 4.69) is 0 Å². The zero-order valence-corrected chi connectivity index (χ0v) is 14.2. The first-order valence-electron chi connectivity index (χ1n) is 4.72. The van der Waals surface area contributed by atoms with E-state index in [4.69, 9.17) is 0 Å². The molecule has 0 spiro atoms. The van der Waals surface area contributed by atoms with Gasteiger partial charge in [0.1, 0.15) is 5.97 Å². The van der Waals surface area contributed by atoms with Crippen molar-refractivity contribution in [3.05, 3.63) is 0 Å². The summed E-state index contributed by atoms with van der Waals surface area (Å²) in [5, 5.41) is 9.71. The molecule has 0 saturated carbocycles. The number of rotatable bonds is 5. The Morgan fingerprint density at radius 2 is 0.840 bits per heavy atom. The maximum absolute atomic E-state index is 13.0. The smallest absolute Gasteiger partial charge is 0.544 e. The Morgan fingerprint density at radius 1 is 0.600 bits per heavy atom. The fourth-order valence-corrected chi connectivity index (χ4v) is 1.05. The third-order valence-electron chi connectivity index (χ3n) is 2.16. The predicted octanol–water partition coefficient (Wildman–Crippen LogP) is -0.419. The number of carbonyl (C=O) groups is 1. The molecule has 0 amide bonds. The fourth-order valence-electron chi connectivity index (χ4n) is 1.05. The van der Waals surface area contributed by atoms with Gasteiger partial charge in [-0.25, -0.2) is 0 Å². The van der Waals surface area contributed by atoms with E-state index in [-0.39, 0.29) is 51.4 Å². The predicted molar refractivity (Wildman–Crippen MR) is 38.7 cm³/mol. The van der Waals surface area contributed by atoms with Crippen molar-refractivity contribution in [2.75, 3.05) is 0 Å². The van der Waals surface area contributed by atoms with Gasteiger partial charge in [0, 0.05) is 0 Å². The zero-order chi connectivity index (χ0) is 20.2. The summed E-state index contributed by atoms with van der Waals surface area (Å²) in [6.07, 6.45) is -15.3. The molecule has 0 heterocycles. The molecule has 0 aromatic carbocycles. The van der Waals surface area contributed by atoms with E-state index in [0.717, 1.165) is 0 Å². The maximum atomic E-state index is 13.0. The molecular formula is C7F14KNO2. The van der Waals surface area contributed by atoms with Gasteiger partial charge in [-0.05, 0) is 0 Å². The third-order valence-corrected chi connectivity index (χ3v) is 2.16. The van der Waals surface area contributed by atoms with E-state index in [1.54, 1.807) is 0 Å². The molecule has 18 heteroatoms. The van der Waals surface area contributed by atoms with Gasteiger partial charge < -0.3 is 9.90 Å². The van der Waals surface area contributed by atoms with Crippen LogP contribution in [0.5, 0.6) is 0 Å². The van der Waals surface area contributed by atoms with Crippen LogP contribution in [0.1, 0.15) is 0 Å². The van der Waals surface area contributed by atoms with E-state index >= 15 is 0 Å². The van der Waals surface area contributed by atoms with Crippen molar-refractivity contribution in [1.82, 2.24) is 4.90 Å². The molecule has 0 N–H and O–H groups in total. The quantitative estimate of drug-likeness (QED) is 0.335. The number of aliphatic carboxylic acids is 1. The molecule has 0 aromatic rings. The van der Waals surface area contributed by atoms with Crippen LogP contribution in [0.15, 0.2) is 0 Å². The van der Waals surface area contributed by atoms with E-state index in [0.29, 0.717) is 0 Å². The number of hydrogen-bond acceptors (Lipinski definition) is 3. The molecule has 0 aromatic heterocycles. The Balaban J connectivity index is 0. The normalized spacial score (nSPS) is 15.2. The summed E-state index contributed by atoms with van der Waals surface area (Å²) in [5.41, 5.74) is 0. The average molecular weight is 435 g/mol. The first kappa shape index (κ1) is 27.3. The molecule has 0 unspecified atom stereocenters. The topological polar surface area (TPSA) is 43.4 Å². The minimum atomic E-state index is -7.94. The number of nitrogens with zero attached hydrogens (tertiary/aromatic N) is 1. The molecule has 0 fully saturated rings. The summed E-state index contributed by atoms with van der Waals surface area (Å²) in [4.78, 5) is 5.14. The van der Waals surface area contributed by atoms with Gasteiger partial charge >= 0.3 is 87.8 Å². The summed E-state index contributed by atoms with van der Waals surface area (Å²) in [6.45, 7) is 0. The summed E-state index contributed by atoms with van der Waals surface area (Å²) in [6, 6.07) is -23.8. The van der Waals surface area contributed by atoms with E-state index in [1.807, 2.05) is 0 Å². The second-order valence-corrected chi connectivity index (χ2v) is 3.82. The van der Waals surface area contributed by atoms with Crippen LogP contribution in [0.25, 0.3) is 0 Å². The van der Waals surface area contributed by atoms with Gasteiger partial charge in [-0.2, -0.15) is 61.5 Å². The minimum Gasteiger partial charge on any atom is -0.544 e. The number of hydrogen-bond donors (Lipinski definition) is 0. The SMILES string of the molecule is O=C([O-])C(F)(F)C(F)(F)N(C(F)(F)C(F)(F)F)C(F)(F)C(F)(F)F.[K+]. The van der Waals surface area contributed by atoms with Crippen molar-refractivity contribution >= 4 is 5.97 Å². The number of alkyl halides is 14. The van der Waals surface area contributed by atoms with Crippen molar-refractivity contribution < 1.29 is 123 Å². The van der Waals surface area contributed by atoms with Gasteiger partial charge in [-0.3, -0.25) is 0 Å². The van der Waals surface area contributed by atoms with Crippen molar-refractivity contribution in [3.63, 3.8) is 0 Å². The first-order valence-corrected chi connectivity index (χ1v) is 4.72. The van der Waals surface area contributed by atoms with Crippen LogP contribution in [-0.2, 0) is 4.79 Å². The molecule has 0 aliphatic heterocycles. The van der Waals surface area contributed by atoms with Crippen molar-refractivity contribution in [1.29, 1.82) is 0 Å². The van der Waals surface area contributed by atoms with Gasteiger partial charge in [0.05, 0.1) is 0 Å². The molecule has 0 bridgehead atoms. The molecule has 0 atom stereocenters. The Hall–Kier alpha value is 0.0864. The van der Waals surface area contributed by atoms with Gasteiger partial charge in [0.2, 0.25) is 0 Å². The Kier molecular flexibility index (Phi) is 7.92. The van der Waals surface area contributed by atoms with Crippen LogP contribution < -0.4 is 56.5 Å². The molecule has 0 radical (unpaired) electrons. The standard InChI is InChI=1S/C7HF14NO2.K/c8-2(9,1(23)24)5(16,17)22(6(18,19)3(10,11)12)7(20,21)4(13,14)15;/h(H,23,24);/q;+1/p-1. The van der Waals surface area contributed by atoms with Crippen LogP contribution in [-0.4, -0.2) is 47.3 Å². The van der Waals surface area contributed by atoms with E-state index in [9.17, 15) is 71.4 Å². The fraction of sp³-hybridized carbons (Fsp3) is 0.857. The van der Waals surface area contributed by atoms with Crippen LogP contribution in [0.4, 0.5) is 61.5 Å². The Bertz CT molecular complexity index is 470. The molecule has 3 nitrogen and oxygen atoms in total. The van der Waals surface area contributed by atoms with Crippen molar-refractivity contribution in [3.8, 4) is 0 Å². The largest absolute Gasteiger partial charge is 1.00 e. The summed E-state index contributed by atoms with van der Waals surface area (Å²) in [5.74, 6) is -11.8. The molecule has 0 aliphatic rings. The van der Waals surface area contributed by atoms with Crippen LogP contribution >= 0.6 is 0 Å². The van der Waals surface area contributed by atoms with Crippen molar-refractivity contribution in [2.24, 2.45) is 0 Å². The number of carboxylic acid groups (broad SMARTS) is 1. The number of carboxylic acids is 1. The van der Waals surface area contributed by atoms with E-state index in [1.165, 1.54) is 0 Å². The molecule has 144 valence electrons. The van der Waals surface area contributed by atoms with Gasteiger partial charge in [-0.1, -0.05) is 4.90 Å². The van der Waals surface area contributed by atoms with E-state index < -0.39 is 47.3 Å². The Morgan fingerprint density at radius 3 is 1.00 bits per heavy atom.